The highest BCUT2D eigenvalue weighted by Gasteiger charge is 2.29. The number of halogens is 1. The molecule has 1 aromatic heterocycles. The second-order valence-electron chi connectivity index (χ2n) is 3.75. The van der Waals surface area contributed by atoms with Crippen molar-refractivity contribution in [1.29, 1.82) is 0 Å². The SMILES string of the molecule is CCN(CC(C)C(=O)O)S(=O)(=O)c1sccc1Br. The van der Waals surface area contributed by atoms with E-state index >= 15 is 0 Å². The molecule has 0 spiro atoms. The van der Waals surface area contributed by atoms with Crippen LogP contribution in [0.15, 0.2) is 20.1 Å². The highest BCUT2D eigenvalue weighted by molar-refractivity contribution is 9.10. The third-order valence-electron chi connectivity index (χ3n) is 2.41. The van der Waals surface area contributed by atoms with Crippen LogP contribution in [0.2, 0.25) is 0 Å². The molecule has 102 valence electrons. The Kier molecular flexibility index (Phi) is 5.32. The van der Waals surface area contributed by atoms with Gasteiger partial charge in [0.2, 0.25) is 0 Å². The lowest BCUT2D eigenvalue weighted by Gasteiger charge is -2.21. The van der Waals surface area contributed by atoms with E-state index in [0.717, 1.165) is 11.3 Å². The van der Waals surface area contributed by atoms with Crippen LogP contribution in [0.1, 0.15) is 13.8 Å². The number of nitrogens with zero attached hydrogens (tertiary/aromatic N) is 1. The van der Waals surface area contributed by atoms with Crippen LogP contribution in [-0.4, -0.2) is 36.9 Å². The molecule has 1 unspecified atom stereocenters. The fourth-order valence-electron chi connectivity index (χ4n) is 1.36. The predicted molar refractivity (Wildman–Crippen MR) is 73.3 cm³/mol. The van der Waals surface area contributed by atoms with E-state index in [9.17, 15) is 13.2 Å². The minimum absolute atomic E-state index is 0.0293. The summed E-state index contributed by atoms with van der Waals surface area (Å²) in [5.41, 5.74) is 0. The summed E-state index contributed by atoms with van der Waals surface area (Å²) in [6.07, 6.45) is 0. The molecule has 1 aromatic rings. The lowest BCUT2D eigenvalue weighted by atomic mass is 10.2. The minimum atomic E-state index is -3.63. The zero-order valence-corrected chi connectivity index (χ0v) is 13.2. The van der Waals surface area contributed by atoms with E-state index in [4.69, 9.17) is 5.11 Å². The van der Waals surface area contributed by atoms with Crippen molar-refractivity contribution in [3.63, 3.8) is 0 Å². The first-order valence-corrected chi connectivity index (χ1v) is 8.38. The fourth-order valence-corrected chi connectivity index (χ4v) is 5.35. The Bertz CT molecular complexity index is 526. The Hall–Kier alpha value is -0.440. The van der Waals surface area contributed by atoms with Crippen LogP contribution in [-0.2, 0) is 14.8 Å². The third-order valence-corrected chi connectivity index (χ3v) is 7.00. The van der Waals surface area contributed by atoms with E-state index in [1.54, 1.807) is 18.4 Å². The number of carboxylic acids is 1. The zero-order chi connectivity index (χ0) is 13.9. The molecule has 0 bridgehead atoms. The van der Waals surface area contributed by atoms with Gasteiger partial charge in [0.15, 0.2) is 0 Å². The number of thiophene rings is 1. The topological polar surface area (TPSA) is 74.7 Å². The van der Waals surface area contributed by atoms with E-state index in [0.29, 0.717) is 4.47 Å². The first kappa shape index (κ1) is 15.6. The standard InChI is InChI=1S/C10H14BrNO4S2/c1-3-12(6-7(2)9(13)14)18(15,16)10-8(11)4-5-17-10/h4-5,7H,3,6H2,1-2H3,(H,13,14). The molecular weight excluding hydrogens is 342 g/mol. The maximum Gasteiger partial charge on any atom is 0.307 e. The minimum Gasteiger partial charge on any atom is -0.481 e. The molecule has 1 rings (SSSR count). The van der Waals surface area contributed by atoms with Gasteiger partial charge in [-0.1, -0.05) is 13.8 Å². The van der Waals surface area contributed by atoms with Crippen molar-refractivity contribution in [2.45, 2.75) is 18.1 Å². The van der Waals surface area contributed by atoms with Gasteiger partial charge in [-0.2, -0.15) is 4.31 Å². The first-order chi connectivity index (χ1) is 8.30. The summed E-state index contributed by atoms with van der Waals surface area (Å²) in [5, 5.41) is 10.5. The number of aliphatic carboxylic acids is 1. The molecule has 0 aliphatic heterocycles. The van der Waals surface area contributed by atoms with Gasteiger partial charge in [-0.3, -0.25) is 4.79 Å². The summed E-state index contributed by atoms with van der Waals surface area (Å²) in [6.45, 7) is 3.39. The zero-order valence-electron chi connectivity index (χ0n) is 9.96. The summed E-state index contributed by atoms with van der Waals surface area (Å²) in [7, 11) is -3.63. The van der Waals surface area contributed by atoms with Crippen molar-refractivity contribution < 1.29 is 18.3 Å². The molecule has 8 heteroatoms. The molecule has 5 nitrogen and oxygen atoms in total. The van der Waals surface area contributed by atoms with Crippen LogP contribution in [0.3, 0.4) is 0 Å². The molecular formula is C10H14BrNO4S2. The molecule has 1 heterocycles. The van der Waals surface area contributed by atoms with Crippen molar-refractivity contribution >= 4 is 43.3 Å². The van der Waals surface area contributed by atoms with Gasteiger partial charge in [0.25, 0.3) is 10.0 Å². The van der Waals surface area contributed by atoms with Crippen LogP contribution < -0.4 is 0 Å². The summed E-state index contributed by atoms with van der Waals surface area (Å²) in [4.78, 5) is 10.8. The summed E-state index contributed by atoms with van der Waals surface area (Å²) in [5.74, 6) is -1.74. The van der Waals surface area contributed by atoms with Gasteiger partial charge in [-0.15, -0.1) is 11.3 Å². The van der Waals surface area contributed by atoms with Gasteiger partial charge in [-0.05, 0) is 27.4 Å². The quantitative estimate of drug-likeness (QED) is 0.848. The number of rotatable bonds is 6. The van der Waals surface area contributed by atoms with Crippen LogP contribution >= 0.6 is 27.3 Å². The third kappa shape index (κ3) is 3.31. The molecule has 1 N–H and O–H groups in total. The van der Waals surface area contributed by atoms with E-state index in [2.05, 4.69) is 15.9 Å². The number of hydrogen-bond acceptors (Lipinski definition) is 4. The second-order valence-corrected chi connectivity index (χ2v) is 7.65. The Balaban J connectivity index is 3.02. The van der Waals surface area contributed by atoms with Crippen LogP contribution in [0.4, 0.5) is 0 Å². The average molecular weight is 356 g/mol. The lowest BCUT2D eigenvalue weighted by Crippen LogP contribution is -2.36. The van der Waals surface area contributed by atoms with Crippen molar-refractivity contribution in [3.05, 3.63) is 15.9 Å². The molecule has 18 heavy (non-hydrogen) atoms. The van der Waals surface area contributed by atoms with Gasteiger partial charge in [0.05, 0.1) is 5.92 Å². The van der Waals surface area contributed by atoms with Crippen LogP contribution in [0.25, 0.3) is 0 Å². The Morgan fingerprint density at radius 2 is 2.22 bits per heavy atom. The van der Waals surface area contributed by atoms with Crippen molar-refractivity contribution in [1.82, 2.24) is 4.31 Å². The maximum absolute atomic E-state index is 12.3. The Labute approximate surface area is 119 Å². The highest BCUT2D eigenvalue weighted by Crippen LogP contribution is 2.30. The van der Waals surface area contributed by atoms with Gasteiger partial charge < -0.3 is 5.11 Å². The van der Waals surface area contributed by atoms with Gasteiger partial charge >= 0.3 is 5.97 Å². The Morgan fingerprint density at radius 3 is 2.61 bits per heavy atom. The second kappa shape index (κ2) is 6.14. The molecule has 0 saturated carbocycles. The monoisotopic (exact) mass is 355 g/mol. The normalized spacial score (nSPS) is 13.8. The molecule has 0 aliphatic rings. The fraction of sp³-hybridized carbons (Fsp3) is 0.500. The average Bonchev–Trinajstić information content (AvgIpc) is 2.72. The maximum atomic E-state index is 12.3. The summed E-state index contributed by atoms with van der Waals surface area (Å²) < 4.78 is 26.5. The highest BCUT2D eigenvalue weighted by atomic mass is 79.9. The lowest BCUT2D eigenvalue weighted by molar-refractivity contribution is -0.141. The number of carboxylic acid groups (broad SMARTS) is 1. The van der Waals surface area contributed by atoms with Crippen molar-refractivity contribution in [2.75, 3.05) is 13.1 Å². The molecule has 0 saturated heterocycles. The van der Waals surface area contributed by atoms with Crippen LogP contribution in [0.5, 0.6) is 0 Å². The number of sulfonamides is 1. The molecule has 0 amide bonds. The van der Waals surface area contributed by atoms with Gasteiger partial charge in [-0.25, -0.2) is 8.42 Å². The van der Waals surface area contributed by atoms with E-state index in [1.807, 2.05) is 0 Å². The predicted octanol–water partition coefficient (Wildman–Crippen LogP) is 2.24. The summed E-state index contributed by atoms with van der Waals surface area (Å²) in [6, 6.07) is 1.66. The van der Waals surface area contributed by atoms with Crippen molar-refractivity contribution in [2.24, 2.45) is 5.92 Å². The molecule has 0 aliphatic carbocycles. The van der Waals surface area contributed by atoms with Crippen molar-refractivity contribution in [3.8, 4) is 0 Å². The smallest absolute Gasteiger partial charge is 0.307 e. The largest absolute Gasteiger partial charge is 0.481 e. The van der Waals surface area contributed by atoms with E-state index in [1.165, 1.54) is 11.2 Å². The van der Waals surface area contributed by atoms with E-state index < -0.39 is 21.9 Å². The summed E-state index contributed by atoms with van der Waals surface area (Å²) >= 11 is 4.29. The molecule has 0 aromatic carbocycles. The number of hydrogen-bond donors (Lipinski definition) is 1. The van der Waals surface area contributed by atoms with Gasteiger partial charge in [0.1, 0.15) is 4.21 Å². The number of carbonyl (C=O) groups is 1. The molecule has 0 fully saturated rings. The van der Waals surface area contributed by atoms with Gasteiger partial charge in [0, 0.05) is 17.6 Å². The first-order valence-electron chi connectivity index (χ1n) is 5.26. The molecule has 1 atom stereocenters. The van der Waals surface area contributed by atoms with E-state index in [-0.39, 0.29) is 17.3 Å². The Morgan fingerprint density at radius 1 is 1.61 bits per heavy atom. The molecule has 0 radical (unpaired) electrons. The van der Waals surface area contributed by atoms with Crippen LogP contribution in [0, 0.1) is 5.92 Å².